The number of aromatic nitrogens is 1. The highest BCUT2D eigenvalue weighted by Crippen LogP contribution is 2.04. The van der Waals surface area contributed by atoms with Crippen molar-refractivity contribution in [2.75, 3.05) is 0 Å². The molecule has 2 amide bonds. The summed E-state index contributed by atoms with van der Waals surface area (Å²) in [6.07, 6.45) is 5.71. The van der Waals surface area contributed by atoms with Gasteiger partial charge in [0.1, 0.15) is 0 Å². The molecule has 2 heterocycles. The van der Waals surface area contributed by atoms with Gasteiger partial charge in [0.15, 0.2) is 0 Å². The SMILES string of the molecule is CCC1=CC(=O)NC1=O.c1cc[nH]c1. The molecule has 0 unspecified atom stereocenters. The number of hydrogen-bond donors (Lipinski definition) is 2. The van der Waals surface area contributed by atoms with Crippen LogP contribution in [0.15, 0.2) is 36.2 Å². The molecule has 2 rings (SSSR count). The van der Waals surface area contributed by atoms with E-state index in [1.807, 2.05) is 31.5 Å². The van der Waals surface area contributed by atoms with Crippen LogP contribution >= 0.6 is 0 Å². The molecule has 74 valence electrons. The van der Waals surface area contributed by atoms with E-state index in [4.69, 9.17) is 0 Å². The molecule has 2 N–H and O–H groups in total. The summed E-state index contributed by atoms with van der Waals surface area (Å²) in [5.74, 6) is -0.542. The van der Waals surface area contributed by atoms with E-state index in [1.54, 1.807) is 0 Å². The normalized spacial score (nSPS) is 14.2. The molecular weight excluding hydrogens is 180 g/mol. The van der Waals surface area contributed by atoms with Gasteiger partial charge in [-0.05, 0) is 18.6 Å². The van der Waals surface area contributed by atoms with Crippen molar-refractivity contribution in [2.24, 2.45) is 0 Å². The van der Waals surface area contributed by atoms with Crippen molar-refractivity contribution in [2.45, 2.75) is 13.3 Å². The van der Waals surface area contributed by atoms with E-state index in [0.29, 0.717) is 12.0 Å². The minimum Gasteiger partial charge on any atom is -0.368 e. The molecular formula is C10H12N2O2. The molecule has 1 aliphatic heterocycles. The van der Waals surface area contributed by atoms with Gasteiger partial charge in [-0.15, -0.1) is 0 Å². The summed E-state index contributed by atoms with van der Waals surface area (Å²) in [6.45, 7) is 1.84. The van der Waals surface area contributed by atoms with Crippen molar-refractivity contribution < 1.29 is 9.59 Å². The number of aromatic amines is 1. The zero-order chi connectivity index (χ0) is 10.4. The molecule has 1 aliphatic rings. The fourth-order valence-electron chi connectivity index (χ4n) is 0.992. The Kier molecular flexibility index (Phi) is 3.67. The van der Waals surface area contributed by atoms with E-state index in [0.717, 1.165) is 0 Å². The molecule has 0 bridgehead atoms. The van der Waals surface area contributed by atoms with Crippen molar-refractivity contribution in [1.82, 2.24) is 10.3 Å². The maximum Gasteiger partial charge on any atom is 0.254 e. The fourth-order valence-corrected chi connectivity index (χ4v) is 0.992. The van der Waals surface area contributed by atoms with Gasteiger partial charge in [-0.3, -0.25) is 14.9 Å². The highest BCUT2D eigenvalue weighted by Gasteiger charge is 2.17. The topological polar surface area (TPSA) is 62.0 Å². The monoisotopic (exact) mass is 192 g/mol. The molecule has 0 fully saturated rings. The summed E-state index contributed by atoms with van der Waals surface area (Å²) in [5, 5.41) is 2.15. The van der Waals surface area contributed by atoms with E-state index >= 15 is 0 Å². The summed E-state index contributed by atoms with van der Waals surface area (Å²) >= 11 is 0. The molecule has 0 spiro atoms. The van der Waals surface area contributed by atoms with Crippen LogP contribution in [0.1, 0.15) is 13.3 Å². The van der Waals surface area contributed by atoms with Gasteiger partial charge >= 0.3 is 0 Å². The first-order valence-electron chi connectivity index (χ1n) is 4.37. The Hall–Kier alpha value is -1.84. The van der Waals surface area contributed by atoms with E-state index in [-0.39, 0.29) is 11.8 Å². The number of hydrogen-bond acceptors (Lipinski definition) is 2. The van der Waals surface area contributed by atoms with Crippen LogP contribution in [0.5, 0.6) is 0 Å². The summed E-state index contributed by atoms with van der Waals surface area (Å²) in [6, 6.07) is 3.89. The number of nitrogens with one attached hydrogen (secondary N) is 2. The molecule has 0 aliphatic carbocycles. The van der Waals surface area contributed by atoms with Gasteiger partial charge in [-0.2, -0.15) is 0 Å². The summed E-state index contributed by atoms with van der Waals surface area (Å²) in [7, 11) is 0. The van der Waals surface area contributed by atoms with Crippen LogP contribution in [-0.4, -0.2) is 16.8 Å². The maximum absolute atomic E-state index is 10.6. The third kappa shape index (κ3) is 2.90. The zero-order valence-corrected chi connectivity index (χ0v) is 7.91. The first-order chi connectivity index (χ1) is 6.74. The average Bonchev–Trinajstić information content (AvgIpc) is 2.77. The van der Waals surface area contributed by atoms with Crippen LogP contribution in [0.25, 0.3) is 0 Å². The highest BCUT2D eigenvalue weighted by molar-refractivity contribution is 6.16. The molecule has 0 saturated heterocycles. The molecule has 14 heavy (non-hydrogen) atoms. The van der Waals surface area contributed by atoms with Gasteiger partial charge < -0.3 is 4.98 Å². The number of imide groups is 1. The summed E-state index contributed by atoms with van der Waals surface area (Å²) in [4.78, 5) is 23.9. The van der Waals surface area contributed by atoms with Crippen LogP contribution in [0.4, 0.5) is 0 Å². The standard InChI is InChI=1S/C6H7NO2.C4H5N/c1-2-4-3-5(8)7-6(4)9;1-2-4-5-3-1/h3H,2H2,1H3,(H,7,8,9);1-5H. The lowest BCUT2D eigenvalue weighted by Crippen LogP contribution is -2.21. The Morgan fingerprint density at radius 3 is 2.07 bits per heavy atom. The van der Waals surface area contributed by atoms with E-state index < -0.39 is 0 Å². The van der Waals surface area contributed by atoms with E-state index in [1.165, 1.54) is 6.08 Å². The third-order valence-electron chi connectivity index (χ3n) is 1.71. The minimum absolute atomic E-state index is 0.248. The molecule has 0 atom stereocenters. The number of carbonyl (C=O) groups excluding carboxylic acids is 2. The third-order valence-corrected chi connectivity index (χ3v) is 1.71. The smallest absolute Gasteiger partial charge is 0.254 e. The van der Waals surface area contributed by atoms with E-state index in [9.17, 15) is 9.59 Å². The van der Waals surface area contributed by atoms with Crippen molar-refractivity contribution in [1.29, 1.82) is 0 Å². The van der Waals surface area contributed by atoms with Crippen molar-refractivity contribution in [3.63, 3.8) is 0 Å². The largest absolute Gasteiger partial charge is 0.368 e. The Bertz CT molecular complexity index is 322. The zero-order valence-electron chi connectivity index (χ0n) is 7.91. The lowest BCUT2D eigenvalue weighted by Gasteiger charge is -1.89. The Morgan fingerprint density at radius 2 is 1.86 bits per heavy atom. The van der Waals surface area contributed by atoms with Gasteiger partial charge in [0, 0.05) is 24.0 Å². The lowest BCUT2D eigenvalue weighted by molar-refractivity contribution is -0.123. The van der Waals surface area contributed by atoms with Gasteiger partial charge in [-0.25, -0.2) is 0 Å². The summed E-state index contributed by atoms with van der Waals surface area (Å²) < 4.78 is 0. The van der Waals surface area contributed by atoms with Gasteiger partial charge in [-0.1, -0.05) is 6.92 Å². The predicted molar refractivity (Wildman–Crippen MR) is 52.3 cm³/mol. The quantitative estimate of drug-likeness (QED) is 0.652. The Labute approximate surface area is 82.0 Å². The number of H-pyrrole nitrogens is 1. The molecule has 4 heteroatoms. The highest BCUT2D eigenvalue weighted by atomic mass is 16.2. The van der Waals surface area contributed by atoms with Gasteiger partial charge in [0.2, 0.25) is 0 Å². The molecule has 1 aromatic heterocycles. The van der Waals surface area contributed by atoms with Crippen LogP contribution in [0.2, 0.25) is 0 Å². The number of carbonyl (C=O) groups is 2. The molecule has 0 aromatic carbocycles. The van der Waals surface area contributed by atoms with Gasteiger partial charge in [0.05, 0.1) is 0 Å². The number of amides is 2. The molecule has 1 aromatic rings. The van der Waals surface area contributed by atoms with Crippen molar-refractivity contribution >= 4 is 11.8 Å². The predicted octanol–water partition coefficient (Wildman–Crippen LogP) is 0.994. The molecule has 0 radical (unpaired) electrons. The van der Waals surface area contributed by atoms with Crippen LogP contribution < -0.4 is 5.32 Å². The maximum atomic E-state index is 10.6. The second-order valence-electron chi connectivity index (χ2n) is 2.73. The Morgan fingerprint density at radius 1 is 1.21 bits per heavy atom. The fraction of sp³-hybridized carbons (Fsp3) is 0.200. The van der Waals surface area contributed by atoms with Crippen LogP contribution in [-0.2, 0) is 9.59 Å². The first-order valence-corrected chi connectivity index (χ1v) is 4.37. The molecule has 0 saturated carbocycles. The second kappa shape index (κ2) is 5.01. The molecule has 4 nitrogen and oxygen atoms in total. The second-order valence-corrected chi connectivity index (χ2v) is 2.73. The minimum atomic E-state index is -0.295. The lowest BCUT2D eigenvalue weighted by atomic mass is 10.2. The van der Waals surface area contributed by atoms with Gasteiger partial charge in [0.25, 0.3) is 11.8 Å². The average molecular weight is 192 g/mol. The van der Waals surface area contributed by atoms with Crippen molar-refractivity contribution in [3.05, 3.63) is 36.2 Å². The first kappa shape index (κ1) is 10.2. The Balaban J connectivity index is 0.000000165. The van der Waals surface area contributed by atoms with Crippen LogP contribution in [0.3, 0.4) is 0 Å². The van der Waals surface area contributed by atoms with E-state index in [2.05, 4.69) is 10.3 Å². The summed E-state index contributed by atoms with van der Waals surface area (Å²) in [5.41, 5.74) is 0.569. The number of rotatable bonds is 1. The van der Waals surface area contributed by atoms with Crippen molar-refractivity contribution in [3.8, 4) is 0 Å². The van der Waals surface area contributed by atoms with Crippen LogP contribution in [0, 0.1) is 0 Å².